The van der Waals surface area contributed by atoms with Crippen LogP contribution in [0.25, 0.3) is 0 Å². The van der Waals surface area contributed by atoms with Gasteiger partial charge in [-0.05, 0) is 40.3 Å². The lowest BCUT2D eigenvalue weighted by Crippen LogP contribution is -2.34. The number of aromatic nitrogens is 1. The normalized spacial score (nSPS) is 14.4. The zero-order valence-electron chi connectivity index (χ0n) is 11.8. The Morgan fingerprint density at radius 1 is 1.30 bits per heavy atom. The number of hydrogen-bond donors (Lipinski definition) is 1. The average molecular weight is 437 g/mol. The van der Waals surface area contributed by atoms with Gasteiger partial charge in [-0.15, -0.1) is 0 Å². The molecular formula is C15H12F4IN3. The van der Waals surface area contributed by atoms with Crippen molar-refractivity contribution in [1.29, 1.82) is 0 Å². The minimum atomic E-state index is -4.72. The van der Waals surface area contributed by atoms with Crippen molar-refractivity contribution in [3.8, 4) is 0 Å². The second-order valence-corrected chi connectivity index (χ2v) is 6.39. The number of anilines is 2. The molecule has 0 unspecified atom stereocenters. The number of halogens is 5. The molecule has 0 atom stereocenters. The molecule has 1 aliphatic rings. The smallest absolute Gasteiger partial charge is 0.367 e. The first-order valence-electron chi connectivity index (χ1n) is 6.85. The predicted octanol–water partition coefficient (Wildman–Crippen LogP) is 4.28. The van der Waals surface area contributed by atoms with Gasteiger partial charge in [0.2, 0.25) is 0 Å². The number of hydrogen-bond acceptors (Lipinski definition) is 3. The van der Waals surface area contributed by atoms with E-state index in [0.29, 0.717) is 18.9 Å². The maximum atomic E-state index is 13.7. The molecule has 3 nitrogen and oxygen atoms in total. The second-order valence-electron chi connectivity index (χ2n) is 5.14. The van der Waals surface area contributed by atoms with Gasteiger partial charge in [0.25, 0.3) is 0 Å². The molecule has 2 heterocycles. The SMILES string of the molecule is Fc1cccc(CN2CCNc3ncc(I)cc32)c1C(F)(F)F. The van der Waals surface area contributed by atoms with E-state index in [1.807, 2.05) is 6.07 Å². The third kappa shape index (κ3) is 3.36. The van der Waals surface area contributed by atoms with Gasteiger partial charge in [-0.2, -0.15) is 13.2 Å². The van der Waals surface area contributed by atoms with E-state index < -0.39 is 17.6 Å². The van der Waals surface area contributed by atoms with Crippen molar-refractivity contribution in [1.82, 2.24) is 4.98 Å². The number of rotatable bonds is 2. The topological polar surface area (TPSA) is 28.2 Å². The second kappa shape index (κ2) is 6.14. The van der Waals surface area contributed by atoms with E-state index in [-0.39, 0.29) is 12.1 Å². The predicted molar refractivity (Wildman–Crippen MR) is 87.9 cm³/mol. The molecule has 3 rings (SSSR count). The van der Waals surface area contributed by atoms with Gasteiger partial charge in [0.1, 0.15) is 11.6 Å². The van der Waals surface area contributed by atoms with Crippen LogP contribution in [0.5, 0.6) is 0 Å². The van der Waals surface area contributed by atoms with Crippen molar-refractivity contribution in [2.75, 3.05) is 23.3 Å². The first-order valence-corrected chi connectivity index (χ1v) is 7.93. The van der Waals surface area contributed by atoms with Gasteiger partial charge in [-0.3, -0.25) is 0 Å². The Morgan fingerprint density at radius 3 is 2.83 bits per heavy atom. The highest BCUT2D eigenvalue weighted by molar-refractivity contribution is 14.1. The minimum Gasteiger partial charge on any atom is -0.367 e. The molecule has 0 amide bonds. The van der Waals surface area contributed by atoms with Crippen LogP contribution in [0.4, 0.5) is 29.1 Å². The Kier molecular flexibility index (Phi) is 4.35. The van der Waals surface area contributed by atoms with E-state index in [1.165, 1.54) is 12.1 Å². The van der Waals surface area contributed by atoms with E-state index in [2.05, 4.69) is 32.9 Å². The number of nitrogens with one attached hydrogen (secondary N) is 1. The summed E-state index contributed by atoms with van der Waals surface area (Å²) in [7, 11) is 0. The van der Waals surface area contributed by atoms with Gasteiger partial charge < -0.3 is 10.2 Å². The number of fused-ring (bicyclic) bond motifs is 1. The molecule has 23 heavy (non-hydrogen) atoms. The highest BCUT2D eigenvalue weighted by atomic mass is 127. The molecule has 0 radical (unpaired) electrons. The third-order valence-electron chi connectivity index (χ3n) is 3.59. The molecule has 0 saturated heterocycles. The van der Waals surface area contributed by atoms with Crippen molar-refractivity contribution >= 4 is 34.1 Å². The van der Waals surface area contributed by atoms with E-state index in [9.17, 15) is 17.6 Å². The standard InChI is InChI=1S/C15H12F4IN3/c16-11-3-1-2-9(13(11)15(17,18)19)8-23-5-4-21-14-12(23)6-10(20)7-22-14/h1-3,6-7H,4-5,8H2,(H,21,22). The fourth-order valence-corrected chi connectivity index (χ4v) is 3.06. The fraction of sp³-hybridized carbons (Fsp3) is 0.267. The van der Waals surface area contributed by atoms with Crippen molar-refractivity contribution in [3.63, 3.8) is 0 Å². The van der Waals surface area contributed by atoms with Crippen molar-refractivity contribution in [3.05, 3.63) is 51.0 Å². The third-order valence-corrected chi connectivity index (χ3v) is 4.18. The van der Waals surface area contributed by atoms with Gasteiger partial charge in [-0.1, -0.05) is 12.1 Å². The molecular weight excluding hydrogens is 425 g/mol. The number of nitrogens with zero attached hydrogens (tertiary/aromatic N) is 2. The molecule has 2 aromatic rings. The van der Waals surface area contributed by atoms with Crippen molar-refractivity contribution < 1.29 is 17.6 Å². The summed E-state index contributed by atoms with van der Waals surface area (Å²) in [6.07, 6.45) is -3.04. The first-order chi connectivity index (χ1) is 10.9. The quantitative estimate of drug-likeness (QED) is 0.562. The summed E-state index contributed by atoms with van der Waals surface area (Å²) in [6, 6.07) is 5.30. The summed E-state index contributed by atoms with van der Waals surface area (Å²) >= 11 is 2.09. The van der Waals surface area contributed by atoms with Crippen LogP contribution in [0.15, 0.2) is 30.5 Å². The zero-order chi connectivity index (χ0) is 16.6. The van der Waals surface area contributed by atoms with E-state index in [0.717, 1.165) is 15.3 Å². The summed E-state index contributed by atoms with van der Waals surface area (Å²) in [5.41, 5.74) is -0.552. The van der Waals surface area contributed by atoms with Gasteiger partial charge in [0.05, 0.1) is 11.3 Å². The van der Waals surface area contributed by atoms with Crippen molar-refractivity contribution in [2.45, 2.75) is 12.7 Å². The Morgan fingerprint density at radius 2 is 2.09 bits per heavy atom. The van der Waals surface area contributed by atoms with Crippen LogP contribution in [0.2, 0.25) is 0 Å². The first kappa shape index (κ1) is 16.3. The molecule has 1 N–H and O–H groups in total. The highest BCUT2D eigenvalue weighted by Crippen LogP contribution is 2.36. The summed E-state index contributed by atoms with van der Waals surface area (Å²) < 4.78 is 54.0. The largest absolute Gasteiger partial charge is 0.419 e. The van der Waals surface area contributed by atoms with E-state index in [4.69, 9.17) is 0 Å². The van der Waals surface area contributed by atoms with Crippen LogP contribution in [0.3, 0.4) is 0 Å². The maximum Gasteiger partial charge on any atom is 0.419 e. The Balaban J connectivity index is 1.99. The van der Waals surface area contributed by atoms with E-state index >= 15 is 0 Å². The molecule has 1 aliphatic heterocycles. The van der Waals surface area contributed by atoms with Gasteiger partial charge in [0, 0.05) is 29.4 Å². The van der Waals surface area contributed by atoms with E-state index in [1.54, 1.807) is 11.1 Å². The van der Waals surface area contributed by atoms with Crippen LogP contribution in [-0.2, 0) is 12.7 Å². The Hall–Kier alpha value is -1.58. The lowest BCUT2D eigenvalue weighted by Gasteiger charge is -2.32. The molecule has 122 valence electrons. The average Bonchev–Trinajstić information content (AvgIpc) is 2.46. The molecule has 0 spiro atoms. The van der Waals surface area contributed by atoms with Crippen LogP contribution >= 0.6 is 22.6 Å². The molecule has 1 aromatic carbocycles. The van der Waals surface area contributed by atoms with Gasteiger partial charge in [-0.25, -0.2) is 9.37 Å². The van der Waals surface area contributed by atoms with Crippen LogP contribution in [-0.4, -0.2) is 18.1 Å². The lowest BCUT2D eigenvalue weighted by atomic mass is 10.1. The van der Waals surface area contributed by atoms with Crippen LogP contribution < -0.4 is 10.2 Å². The Bertz CT molecular complexity index is 733. The molecule has 0 saturated carbocycles. The monoisotopic (exact) mass is 437 g/mol. The molecule has 0 aliphatic carbocycles. The lowest BCUT2D eigenvalue weighted by molar-refractivity contribution is -0.140. The minimum absolute atomic E-state index is 0.0247. The van der Waals surface area contributed by atoms with Crippen LogP contribution in [0.1, 0.15) is 11.1 Å². The molecule has 0 bridgehead atoms. The van der Waals surface area contributed by atoms with Gasteiger partial charge in [0.15, 0.2) is 0 Å². The summed E-state index contributed by atoms with van der Waals surface area (Å²) in [5.74, 6) is -0.618. The number of pyridine rings is 1. The van der Waals surface area contributed by atoms with Crippen LogP contribution in [0, 0.1) is 9.39 Å². The Labute approximate surface area is 143 Å². The maximum absolute atomic E-state index is 13.7. The van der Waals surface area contributed by atoms with Crippen molar-refractivity contribution in [2.24, 2.45) is 0 Å². The molecule has 8 heteroatoms. The highest BCUT2D eigenvalue weighted by Gasteiger charge is 2.37. The number of benzene rings is 1. The summed E-state index contributed by atoms with van der Waals surface area (Å²) in [6.45, 7) is 1.06. The molecule has 1 aromatic heterocycles. The fourth-order valence-electron chi connectivity index (χ4n) is 2.62. The number of alkyl halides is 3. The zero-order valence-corrected chi connectivity index (χ0v) is 13.9. The molecule has 0 fully saturated rings. The van der Waals surface area contributed by atoms with Gasteiger partial charge >= 0.3 is 6.18 Å². The summed E-state index contributed by atoms with van der Waals surface area (Å²) in [5, 5.41) is 3.11. The summed E-state index contributed by atoms with van der Waals surface area (Å²) in [4.78, 5) is 6.03.